The molecule has 1 aliphatic carbocycles. The molecule has 1 aromatic heterocycles. The average Bonchev–Trinajstić information content (AvgIpc) is 3.02. The van der Waals surface area contributed by atoms with Crippen LogP contribution in [-0.4, -0.2) is 45.8 Å². The second-order valence-electron chi connectivity index (χ2n) is 7.31. The molecule has 2 N–H and O–H groups in total. The molecule has 0 saturated heterocycles. The SMILES string of the molecule is CC(C)(C)OC(=O)NCCSCC(=O)Nc1nnc(C2CCCCC2)s1. The minimum atomic E-state index is -0.505. The lowest BCUT2D eigenvalue weighted by Crippen LogP contribution is -2.33. The zero-order valence-corrected chi connectivity index (χ0v) is 17.3. The van der Waals surface area contributed by atoms with E-state index >= 15 is 0 Å². The van der Waals surface area contributed by atoms with Gasteiger partial charge in [-0.05, 0) is 33.6 Å². The van der Waals surface area contributed by atoms with Crippen molar-refractivity contribution in [1.29, 1.82) is 0 Å². The van der Waals surface area contributed by atoms with Gasteiger partial charge in [0.2, 0.25) is 11.0 Å². The van der Waals surface area contributed by atoms with E-state index in [0.29, 0.717) is 29.1 Å². The number of hydrogen-bond acceptors (Lipinski definition) is 7. The van der Waals surface area contributed by atoms with Gasteiger partial charge in [-0.3, -0.25) is 10.1 Å². The second kappa shape index (κ2) is 10.1. The van der Waals surface area contributed by atoms with E-state index in [-0.39, 0.29) is 5.91 Å². The zero-order valence-electron chi connectivity index (χ0n) is 15.7. The van der Waals surface area contributed by atoms with Gasteiger partial charge in [0.15, 0.2) is 0 Å². The molecule has 0 atom stereocenters. The van der Waals surface area contributed by atoms with Crippen LogP contribution in [0.2, 0.25) is 0 Å². The van der Waals surface area contributed by atoms with Crippen LogP contribution >= 0.6 is 23.1 Å². The Morgan fingerprint density at radius 1 is 1.23 bits per heavy atom. The molecule has 7 nitrogen and oxygen atoms in total. The van der Waals surface area contributed by atoms with Gasteiger partial charge in [-0.25, -0.2) is 4.79 Å². The summed E-state index contributed by atoms with van der Waals surface area (Å²) >= 11 is 2.93. The van der Waals surface area contributed by atoms with Gasteiger partial charge in [-0.2, -0.15) is 11.8 Å². The number of anilines is 1. The monoisotopic (exact) mass is 400 g/mol. The maximum atomic E-state index is 12.0. The van der Waals surface area contributed by atoms with Crippen LogP contribution in [0.1, 0.15) is 63.8 Å². The van der Waals surface area contributed by atoms with E-state index < -0.39 is 11.7 Å². The van der Waals surface area contributed by atoms with Crippen LogP contribution in [0.3, 0.4) is 0 Å². The number of rotatable bonds is 7. The van der Waals surface area contributed by atoms with E-state index in [0.717, 1.165) is 5.01 Å². The third-order valence-electron chi connectivity index (χ3n) is 3.79. The number of amides is 2. The number of carbonyl (C=O) groups excluding carboxylic acids is 2. The van der Waals surface area contributed by atoms with Gasteiger partial charge in [-0.15, -0.1) is 10.2 Å². The lowest BCUT2D eigenvalue weighted by molar-refractivity contribution is -0.113. The molecule has 26 heavy (non-hydrogen) atoms. The first-order chi connectivity index (χ1) is 12.3. The van der Waals surface area contributed by atoms with Crippen molar-refractivity contribution in [2.24, 2.45) is 0 Å². The normalized spacial score (nSPS) is 15.5. The fraction of sp³-hybridized carbons (Fsp3) is 0.765. The van der Waals surface area contributed by atoms with Crippen LogP contribution in [0.25, 0.3) is 0 Å². The first-order valence-corrected chi connectivity index (χ1v) is 11.0. The summed E-state index contributed by atoms with van der Waals surface area (Å²) in [6.45, 7) is 5.91. The van der Waals surface area contributed by atoms with Crippen LogP contribution in [0, 0.1) is 0 Å². The molecule has 2 rings (SSSR count). The number of nitrogens with one attached hydrogen (secondary N) is 2. The van der Waals surface area contributed by atoms with Crippen LogP contribution in [-0.2, 0) is 9.53 Å². The van der Waals surface area contributed by atoms with Crippen molar-refractivity contribution < 1.29 is 14.3 Å². The van der Waals surface area contributed by atoms with Crippen LogP contribution < -0.4 is 10.6 Å². The Kier molecular flexibility index (Phi) is 8.15. The quantitative estimate of drug-likeness (QED) is 0.677. The number of alkyl carbamates (subject to hydrolysis) is 1. The number of thioether (sulfide) groups is 1. The average molecular weight is 401 g/mol. The van der Waals surface area contributed by atoms with Gasteiger partial charge < -0.3 is 10.1 Å². The van der Waals surface area contributed by atoms with Gasteiger partial charge in [0.1, 0.15) is 10.6 Å². The molecule has 0 radical (unpaired) electrons. The molecule has 1 saturated carbocycles. The summed E-state index contributed by atoms with van der Waals surface area (Å²) in [5, 5.41) is 15.4. The van der Waals surface area contributed by atoms with Gasteiger partial charge >= 0.3 is 6.09 Å². The Morgan fingerprint density at radius 3 is 2.65 bits per heavy atom. The first-order valence-electron chi connectivity index (χ1n) is 9.01. The summed E-state index contributed by atoms with van der Waals surface area (Å²) in [4.78, 5) is 23.5. The van der Waals surface area contributed by atoms with Gasteiger partial charge in [-0.1, -0.05) is 30.6 Å². The van der Waals surface area contributed by atoms with Gasteiger partial charge in [0.05, 0.1) is 5.75 Å². The van der Waals surface area contributed by atoms with Crippen LogP contribution in [0.5, 0.6) is 0 Å². The maximum absolute atomic E-state index is 12.0. The molecular weight excluding hydrogens is 372 g/mol. The highest BCUT2D eigenvalue weighted by molar-refractivity contribution is 7.99. The molecule has 146 valence electrons. The summed E-state index contributed by atoms with van der Waals surface area (Å²) in [7, 11) is 0. The van der Waals surface area contributed by atoms with E-state index in [1.165, 1.54) is 55.2 Å². The number of carbonyl (C=O) groups is 2. The Morgan fingerprint density at radius 2 is 1.96 bits per heavy atom. The van der Waals surface area contributed by atoms with Crippen molar-refractivity contribution in [2.75, 3.05) is 23.4 Å². The molecule has 0 unspecified atom stereocenters. The van der Waals surface area contributed by atoms with Crippen molar-refractivity contribution >= 4 is 40.2 Å². The maximum Gasteiger partial charge on any atom is 0.407 e. The highest BCUT2D eigenvalue weighted by atomic mass is 32.2. The van der Waals surface area contributed by atoms with Gasteiger partial charge in [0.25, 0.3) is 0 Å². The standard InChI is InChI=1S/C17H28N4O3S2/c1-17(2,3)24-16(23)18-9-10-25-11-13(22)19-15-21-20-14(26-15)12-7-5-4-6-8-12/h12H,4-11H2,1-3H3,(H,18,23)(H,19,21,22). The fourth-order valence-corrected chi connectivity index (χ4v) is 4.24. The highest BCUT2D eigenvalue weighted by Gasteiger charge is 2.20. The topological polar surface area (TPSA) is 93.2 Å². The minimum absolute atomic E-state index is 0.0985. The molecule has 0 aromatic carbocycles. The van der Waals surface area contributed by atoms with Gasteiger partial charge in [0, 0.05) is 18.2 Å². The molecule has 0 spiro atoms. The summed E-state index contributed by atoms with van der Waals surface area (Å²) in [5.74, 6) is 1.35. The van der Waals surface area contributed by atoms with Crippen molar-refractivity contribution in [3.8, 4) is 0 Å². The molecule has 1 fully saturated rings. The fourth-order valence-electron chi connectivity index (χ4n) is 2.66. The van der Waals surface area contributed by atoms with Crippen molar-refractivity contribution in [1.82, 2.24) is 15.5 Å². The molecule has 0 bridgehead atoms. The van der Waals surface area contributed by atoms with Crippen molar-refractivity contribution in [3.05, 3.63) is 5.01 Å². The Bertz CT molecular complexity index is 595. The zero-order chi connectivity index (χ0) is 19.0. The Hall–Kier alpha value is -1.35. The third-order valence-corrected chi connectivity index (χ3v) is 5.75. The van der Waals surface area contributed by atoms with E-state index in [1.54, 1.807) is 0 Å². The smallest absolute Gasteiger partial charge is 0.407 e. The predicted octanol–water partition coefficient (Wildman–Crippen LogP) is 3.78. The highest BCUT2D eigenvalue weighted by Crippen LogP contribution is 2.35. The molecule has 9 heteroatoms. The number of aromatic nitrogens is 2. The van der Waals surface area contributed by atoms with Crippen molar-refractivity contribution in [2.45, 2.75) is 64.4 Å². The third kappa shape index (κ3) is 7.90. The Labute approximate surface area is 163 Å². The number of hydrogen-bond donors (Lipinski definition) is 2. The van der Waals surface area contributed by atoms with E-state index in [2.05, 4.69) is 20.8 Å². The van der Waals surface area contributed by atoms with Crippen LogP contribution in [0.15, 0.2) is 0 Å². The molecule has 1 aromatic rings. The Balaban J connectivity index is 1.60. The van der Waals surface area contributed by atoms with E-state index in [4.69, 9.17) is 4.74 Å². The summed E-state index contributed by atoms with van der Waals surface area (Å²) in [6, 6.07) is 0. The number of ether oxygens (including phenoxy) is 1. The summed E-state index contributed by atoms with van der Waals surface area (Å²) in [6.07, 6.45) is 5.71. The van der Waals surface area contributed by atoms with E-state index in [9.17, 15) is 9.59 Å². The van der Waals surface area contributed by atoms with Crippen molar-refractivity contribution in [3.63, 3.8) is 0 Å². The molecule has 2 amide bonds. The lowest BCUT2D eigenvalue weighted by atomic mass is 9.90. The molecule has 1 aliphatic rings. The largest absolute Gasteiger partial charge is 0.444 e. The first kappa shape index (κ1) is 21.0. The summed E-state index contributed by atoms with van der Waals surface area (Å²) in [5.41, 5.74) is -0.505. The molecular formula is C17H28N4O3S2. The number of nitrogens with zero attached hydrogens (tertiary/aromatic N) is 2. The summed E-state index contributed by atoms with van der Waals surface area (Å²) < 4.78 is 5.14. The predicted molar refractivity (Wildman–Crippen MR) is 106 cm³/mol. The lowest BCUT2D eigenvalue weighted by Gasteiger charge is -2.19. The molecule has 1 heterocycles. The second-order valence-corrected chi connectivity index (χ2v) is 9.42. The van der Waals surface area contributed by atoms with E-state index in [1.807, 2.05) is 20.8 Å². The minimum Gasteiger partial charge on any atom is -0.444 e. The molecule has 0 aliphatic heterocycles. The van der Waals surface area contributed by atoms with Crippen LogP contribution in [0.4, 0.5) is 9.93 Å².